The van der Waals surface area contributed by atoms with Crippen LogP contribution in [-0.4, -0.2) is 10.9 Å². The number of ether oxygens (including phenoxy) is 1. The second-order valence-corrected chi connectivity index (χ2v) is 3.40. The third kappa shape index (κ3) is 3.05. The first-order valence-corrected chi connectivity index (χ1v) is 4.94. The maximum absolute atomic E-state index is 11.0. The van der Waals surface area contributed by atoms with Gasteiger partial charge in [0.05, 0.1) is 10.5 Å². The molecule has 0 aromatic heterocycles. The van der Waals surface area contributed by atoms with Gasteiger partial charge in [-0.2, -0.15) is 0 Å². The van der Waals surface area contributed by atoms with Crippen molar-refractivity contribution >= 4 is 11.7 Å². The fourth-order valence-electron chi connectivity index (χ4n) is 1.27. The first-order chi connectivity index (χ1) is 7.54. The number of carbonyl (C=O) groups excluding carboxylic acids is 1. The summed E-state index contributed by atoms with van der Waals surface area (Å²) in [4.78, 5) is 21.2. The Bertz CT molecular complexity index is 414. The van der Waals surface area contributed by atoms with Gasteiger partial charge in [-0.15, -0.1) is 0 Å². The Kier molecular flexibility index (Phi) is 3.99. The molecule has 1 aromatic rings. The molecular formula is C11H13NO4. The Balaban J connectivity index is 2.88. The van der Waals surface area contributed by atoms with Crippen molar-refractivity contribution in [3.63, 3.8) is 0 Å². The highest BCUT2D eigenvalue weighted by atomic mass is 16.6. The van der Waals surface area contributed by atoms with Gasteiger partial charge in [0.2, 0.25) is 0 Å². The van der Waals surface area contributed by atoms with E-state index in [-0.39, 0.29) is 24.7 Å². The van der Waals surface area contributed by atoms with Crippen molar-refractivity contribution in [1.82, 2.24) is 0 Å². The summed E-state index contributed by atoms with van der Waals surface area (Å²) in [5.41, 5.74) is 1.30. The molecule has 1 aromatic carbocycles. The first-order valence-electron chi connectivity index (χ1n) is 4.94. The molecule has 0 aliphatic carbocycles. The molecule has 0 spiro atoms. The van der Waals surface area contributed by atoms with E-state index in [1.165, 1.54) is 6.07 Å². The number of hydrogen-bond donors (Lipinski definition) is 0. The highest BCUT2D eigenvalue weighted by Crippen LogP contribution is 2.20. The fraction of sp³-hybridized carbons (Fsp3) is 0.364. The minimum atomic E-state index is -0.478. The molecule has 0 saturated carbocycles. The van der Waals surface area contributed by atoms with Crippen molar-refractivity contribution < 1.29 is 14.5 Å². The molecule has 0 radical (unpaired) electrons. The molecule has 0 amide bonds. The summed E-state index contributed by atoms with van der Waals surface area (Å²) >= 11 is 0. The van der Waals surface area contributed by atoms with E-state index in [1.54, 1.807) is 19.1 Å². The van der Waals surface area contributed by atoms with Crippen molar-refractivity contribution in [2.24, 2.45) is 0 Å². The zero-order valence-electron chi connectivity index (χ0n) is 9.23. The number of nitro groups is 1. The van der Waals surface area contributed by atoms with Gasteiger partial charge in [0.15, 0.2) is 0 Å². The van der Waals surface area contributed by atoms with Crippen LogP contribution in [0.5, 0.6) is 0 Å². The van der Waals surface area contributed by atoms with Crippen molar-refractivity contribution in [1.29, 1.82) is 0 Å². The van der Waals surface area contributed by atoms with Crippen LogP contribution in [0.4, 0.5) is 5.69 Å². The zero-order chi connectivity index (χ0) is 12.1. The van der Waals surface area contributed by atoms with Crippen LogP contribution < -0.4 is 0 Å². The number of esters is 1. The van der Waals surface area contributed by atoms with Crippen molar-refractivity contribution in [2.45, 2.75) is 26.9 Å². The molecule has 86 valence electrons. The molecule has 0 aliphatic heterocycles. The number of nitro benzene ring substituents is 1. The van der Waals surface area contributed by atoms with Crippen LogP contribution in [0.25, 0.3) is 0 Å². The van der Waals surface area contributed by atoms with E-state index in [0.29, 0.717) is 5.56 Å². The average molecular weight is 223 g/mol. The average Bonchev–Trinajstić information content (AvgIpc) is 2.25. The van der Waals surface area contributed by atoms with Crippen LogP contribution in [-0.2, 0) is 16.1 Å². The minimum absolute atomic E-state index is 0.0190. The summed E-state index contributed by atoms with van der Waals surface area (Å²) in [7, 11) is 0. The molecule has 5 nitrogen and oxygen atoms in total. The Morgan fingerprint density at radius 2 is 2.19 bits per heavy atom. The van der Waals surface area contributed by atoms with E-state index < -0.39 is 4.92 Å². The second kappa shape index (κ2) is 5.25. The highest BCUT2D eigenvalue weighted by molar-refractivity contribution is 5.69. The van der Waals surface area contributed by atoms with Crippen LogP contribution in [0.2, 0.25) is 0 Å². The summed E-state index contributed by atoms with van der Waals surface area (Å²) in [6.45, 7) is 3.45. The van der Waals surface area contributed by atoms with E-state index in [9.17, 15) is 14.9 Å². The molecule has 0 atom stereocenters. The monoisotopic (exact) mass is 223 g/mol. The lowest BCUT2D eigenvalue weighted by Crippen LogP contribution is -2.04. The molecule has 0 bridgehead atoms. The summed E-state index contributed by atoms with van der Waals surface area (Å²) in [5, 5.41) is 10.7. The Morgan fingerprint density at radius 3 is 2.75 bits per heavy atom. The molecule has 1 rings (SSSR count). The smallest absolute Gasteiger partial charge is 0.305 e. The van der Waals surface area contributed by atoms with Gasteiger partial charge in [-0.1, -0.05) is 18.6 Å². The first kappa shape index (κ1) is 12.2. The largest absolute Gasteiger partial charge is 0.461 e. The third-order valence-corrected chi connectivity index (χ3v) is 2.11. The molecule has 0 saturated heterocycles. The van der Waals surface area contributed by atoms with Gasteiger partial charge in [0.1, 0.15) is 6.61 Å². The number of nitrogens with zero attached hydrogens (tertiary/aromatic N) is 1. The lowest BCUT2D eigenvalue weighted by atomic mass is 10.1. The SMILES string of the molecule is CCC(=O)OCc1cc(C)ccc1[N+](=O)[O-]. The van der Waals surface area contributed by atoms with Crippen molar-refractivity contribution in [3.8, 4) is 0 Å². The van der Waals surface area contributed by atoms with E-state index in [1.807, 2.05) is 6.92 Å². The lowest BCUT2D eigenvalue weighted by Gasteiger charge is -2.05. The zero-order valence-corrected chi connectivity index (χ0v) is 9.23. The third-order valence-electron chi connectivity index (χ3n) is 2.11. The van der Waals surface area contributed by atoms with Crippen LogP contribution in [0.3, 0.4) is 0 Å². The molecule has 0 aliphatic rings. The predicted octanol–water partition coefficient (Wildman–Crippen LogP) is 2.36. The minimum Gasteiger partial charge on any atom is -0.461 e. The highest BCUT2D eigenvalue weighted by Gasteiger charge is 2.14. The van der Waals surface area contributed by atoms with Crippen molar-refractivity contribution in [2.75, 3.05) is 0 Å². The standard InChI is InChI=1S/C11H13NO4/c1-3-11(13)16-7-9-6-8(2)4-5-10(9)12(14)15/h4-6H,3,7H2,1-2H3. The van der Waals surface area contributed by atoms with Gasteiger partial charge >= 0.3 is 5.97 Å². The lowest BCUT2D eigenvalue weighted by molar-refractivity contribution is -0.385. The van der Waals surface area contributed by atoms with Gasteiger partial charge in [-0.3, -0.25) is 14.9 Å². The molecule has 0 fully saturated rings. The summed E-state index contributed by atoms with van der Waals surface area (Å²) in [6, 6.07) is 4.73. The molecule has 0 heterocycles. The Hall–Kier alpha value is -1.91. The van der Waals surface area contributed by atoms with Gasteiger partial charge in [0.25, 0.3) is 5.69 Å². The molecular weight excluding hydrogens is 210 g/mol. The van der Waals surface area contributed by atoms with Gasteiger partial charge < -0.3 is 4.74 Å². The van der Waals surface area contributed by atoms with Crippen molar-refractivity contribution in [3.05, 3.63) is 39.4 Å². The maximum Gasteiger partial charge on any atom is 0.305 e. The van der Waals surface area contributed by atoms with Gasteiger partial charge in [0, 0.05) is 12.5 Å². The van der Waals surface area contributed by atoms with Crippen LogP contribution in [0.15, 0.2) is 18.2 Å². The second-order valence-electron chi connectivity index (χ2n) is 3.40. The quantitative estimate of drug-likeness (QED) is 0.446. The Morgan fingerprint density at radius 1 is 1.50 bits per heavy atom. The molecule has 0 N–H and O–H groups in total. The Labute approximate surface area is 93.2 Å². The molecule has 5 heteroatoms. The fourth-order valence-corrected chi connectivity index (χ4v) is 1.27. The van der Waals surface area contributed by atoms with Crippen LogP contribution in [0, 0.1) is 17.0 Å². The van der Waals surface area contributed by atoms with Gasteiger partial charge in [-0.05, 0) is 13.0 Å². The number of carbonyl (C=O) groups is 1. The molecule has 0 unspecified atom stereocenters. The topological polar surface area (TPSA) is 69.4 Å². The van der Waals surface area contributed by atoms with Crippen LogP contribution >= 0.6 is 0 Å². The normalized spacial score (nSPS) is 9.88. The van der Waals surface area contributed by atoms with Gasteiger partial charge in [-0.25, -0.2) is 0 Å². The van der Waals surface area contributed by atoms with E-state index in [4.69, 9.17) is 4.74 Å². The van der Waals surface area contributed by atoms with E-state index in [0.717, 1.165) is 5.56 Å². The number of aryl methyl sites for hydroxylation is 1. The maximum atomic E-state index is 11.0. The number of hydrogen-bond acceptors (Lipinski definition) is 4. The van der Waals surface area contributed by atoms with E-state index in [2.05, 4.69) is 0 Å². The van der Waals surface area contributed by atoms with E-state index >= 15 is 0 Å². The predicted molar refractivity (Wildman–Crippen MR) is 57.9 cm³/mol. The number of benzene rings is 1. The van der Waals surface area contributed by atoms with Crippen LogP contribution in [0.1, 0.15) is 24.5 Å². The summed E-state index contributed by atoms with van der Waals surface area (Å²) in [5.74, 6) is -0.365. The summed E-state index contributed by atoms with van der Waals surface area (Å²) in [6.07, 6.45) is 0.264. The summed E-state index contributed by atoms with van der Waals surface area (Å²) < 4.78 is 4.88. The number of rotatable bonds is 4. The molecule has 16 heavy (non-hydrogen) atoms.